The van der Waals surface area contributed by atoms with E-state index in [4.69, 9.17) is 4.74 Å². The number of hydrogen-bond donors (Lipinski definition) is 0. The van der Waals surface area contributed by atoms with Gasteiger partial charge >= 0.3 is 0 Å². The van der Waals surface area contributed by atoms with Crippen molar-refractivity contribution in [2.45, 2.75) is 31.9 Å². The highest BCUT2D eigenvalue weighted by Gasteiger charge is 2.35. The van der Waals surface area contributed by atoms with Crippen molar-refractivity contribution in [2.75, 3.05) is 0 Å². The Labute approximate surface area is 166 Å². The lowest BCUT2D eigenvalue weighted by Gasteiger charge is -2.22. The highest BCUT2D eigenvalue weighted by atomic mass is 19.3. The van der Waals surface area contributed by atoms with Gasteiger partial charge in [-0.05, 0) is 30.5 Å². The summed E-state index contributed by atoms with van der Waals surface area (Å²) in [5.41, 5.74) is 0.271. The number of amides is 1. The Balaban J connectivity index is 1.50. The lowest BCUT2D eigenvalue weighted by Crippen LogP contribution is -2.33. The van der Waals surface area contributed by atoms with Crippen LogP contribution in [0.15, 0.2) is 54.9 Å². The molecule has 1 amide bonds. The Bertz CT molecular complexity index is 986. The molecule has 0 saturated heterocycles. The van der Waals surface area contributed by atoms with Gasteiger partial charge in [0.25, 0.3) is 12.3 Å². The number of aryl methyl sites for hydroxylation is 1. The Morgan fingerprint density at radius 3 is 2.62 bits per heavy atom. The molecule has 1 aliphatic carbocycles. The number of benzene rings is 1. The van der Waals surface area contributed by atoms with Gasteiger partial charge in [0, 0.05) is 38.1 Å². The second-order valence-electron chi connectivity index (χ2n) is 6.99. The summed E-state index contributed by atoms with van der Waals surface area (Å²) in [5, 5.41) is 3.74. The van der Waals surface area contributed by atoms with E-state index in [1.165, 1.54) is 17.9 Å². The van der Waals surface area contributed by atoms with Crippen molar-refractivity contribution in [3.63, 3.8) is 0 Å². The van der Waals surface area contributed by atoms with Crippen LogP contribution in [-0.4, -0.2) is 31.6 Å². The van der Waals surface area contributed by atoms with Crippen LogP contribution < -0.4 is 4.74 Å². The number of halogens is 2. The summed E-state index contributed by atoms with van der Waals surface area (Å²) >= 11 is 0. The third-order valence-corrected chi connectivity index (χ3v) is 4.66. The van der Waals surface area contributed by atoms with Gasteiger partial charge in [0.1, 0.15) is 11.4 Å². The van der Waals surface area contributed by atoms with E-state index < -0.39 is 18.0 Å². The molecule has 0 spiro atoms. The van der Waals surface area contributed by atoms with Gasteiger partial charge in [0.15, 0.2) is 0 Å². The molecule has 29 heavy (non-hydrogen) atoms. The molecule has 1 aliphatic rings. The van der Waals surface area contributed by atoms with Crippen LogP contribution >= 0.6 is 0 Å². The standard InChI is InChI=1S/C21H20F2N4O2/c1-26-13-17(19(25-26)20(22)23)21(28)27(15-8-9-15)12-14-7-10-18(24-11-14)29-16-5-3-2-4-6-16/h2-7,10-11,13,15,20H,8-9,12H2,1H3. The van der Waals surface area contributed by atoms with E-state index in [9.17, 15) is 13.6 Å². The summed E-state index contributed by atoms with van der Waals surface area (Å²) in [6.07, 6.45) is 1.91. The van der Waals surface area contributed by atoms with Crippen molar-refractivity contribution in [1.82, 2.24) is 19.7 Å². The number of para-hydroxylation sites is 1. The van der Waals surface area contributed by atoms with Crippen LogP contribution in [-0.2, 0) is 13.6 Å². The summed E-state index contributed by atoms with van der Waals surface area (Å²) in [7, 11) is 1.53. The van der Waals surface area contributed by atoms with Gasteiger partial charge in [-0.15, -0.1) is 0 Å². The number of alkyl halides is 2. The van der Waals surface area contributed by atoms with Gasteiger partial charge in [0.2, 0.25) is 5.88 Å². The third kappa shape index (κ3) is 4.42. The topological polar surface area (TPSA) is 60.2 Å². The van der Waals surface area contributed by atoms with Crippen LogP contribution in [0, 0.1) is 0 Å². The molecule has 8 heteroatoms. The van der Waals surface area contributed by atoms with Gasteiger partial charge in [0.05, 0.1) is 5.56 Å². The SMILES string of the molecule is Cn1cc(C(=O)N(Cc2ccc(Oc3ccccc3)nc2)C2CC2)c(C(F)F)n1. The lowest BCUT2D eigenvalue weighted by atomic mass is 10.2. The van der Waals surface area contributed by atoms with E-state index in [1.807, 2.05) is 36.4 Å². The molecule has 0 atom stereocenters. The maximum atomic E-state index is 13.3. The molecular formula is C21H20F2N4O2. The molecule has 6 nitrogen and oxygen atoms in total. The quantitative estimate of drug-likeness (QED) is 0.594. The second-order valence-corrected chi connectivity index (χ2v) is 6.99. The van der Waals surface area contributed by atoms with E-state index in [0.717, 1.165) is 18.4 Å². The van der Waals surface area contributed by atoms with E-state index in [0.29, 0.717) is 18.2 Å². The first kappa shape index (κ1) is 19.0. The van der Waals surface area contributed by atoms with Gasteiger partial charge < -0.3 is 9.64 Å². The minimum atomic E-state index is -2.80. The van der Waals surface area contributed by atoms with Crippen LogP contribution in [0.4, 0.5) is 8.78 Å². The van der Waals surface area contributed by atoms with Crippen molar-refractivity contribution in [2.24, 2.45) is 7.05 Å². The normalized spacial score (nSPS) is 13.5. The van der Waals surface area contributed by atoms with Crippen molar-refractivity contribution < 1.29 is 18.3 Å². The predicted molar refractivity (Wildman–Crippen MR) is 102 cm³/mol. The Kier molecular flexibility index (Phi) is 5.24. The number of nitrogens with zero attached hydrogens (tertiary/aromatic N) is 4. The molecule has 1 aromatic carbocycles. The third-order valence-electron chi connectivity index (χ3n) is 4.66. The van der Waals surface area contributed by atoms with E-state index >= 15 is 0 Å². The summed E-state index contributed by atoms with van der Waals surface area (Å²) in [6.45, 7) is 0.291. The maximum absolute atomic E-state index is 13.3. The zero-order valence-electron chi connectivity index (χ0n) is 15.8. The van der Waals surface area contributed by atoms with Crippen LogP contribution in [0.2, 0.25) is 0 Å². The molecule has 4 rings (SSSR count). The Morgan fingerprint density at radius 1 is 1.24 bits per heavy atom. The second kappa shape index (κ2) is 7.98. The highest BCUT2D eigenvalue weighted by molar-refractivity contribution is 5.95. The fourth-order valence-electron chi connectivity index (χ4n) is 3.11. The van der Waals surface area contributed by atoms with E-state index in [-0.39, 0.29) is 11.6 Å². The van der Waals surface area contributed by atoms with Crippen molar-refractivity contribution in [1.29, 1.82) is 0 Å². The van der Waals surface area contributed by atoms with Crippen LogP contribution in [0.5, 0.6) is 11.6 Å². The number of carbonyl (C=O) groups is 1. The maximum Gasteiger partial charge on any atom is 0.282 e. The smallest absolute Gasteiger partial charge is 0.282 e. The predicted octanol–water partition coefficient (Wildman–Crippen LogP) is 4.35. The molecule has 3 aromatic rings. The van der Waals surface area contributed by atoms with Gasteiger partial charge in [-0.1, -0.05) is 24.3 Å². The Hall–Kier alpha value is -3.29. The molecule has 1 saturated carbocycles. The number of carbonyl (C=O) groups excluding carboxylic acids is 1. The minimum Gasteiger partial charge on any atom is -0.439 e. The largest absolute Gasteiger partial charge is 0.439 e. The van der Waals surface area contributed by atoms with Gasteiger partial charge in [-0.25, -0.2) is 13.8 Å². The molecule has 0 unspecified atom stereocenters. The van der Waals surface area contributed by atoms with Gasteiger partial charge in [-0.3, -0.25) is 9.48 Å². The molecular weight excluding hydrogens is 378 g/mol. The number of aromatic nitrogens is 3. The first-order valence-corrected chi connectivity index (χ1v) is 9.32. The highest BCUT2D eigenvalue weighted by Crippen LogP contribution is 2.32. The van der Waals surface area contributed by atoms with Gasteiger partial charge in [-0.2, -0.15) is 5.10 Å². The molecule has 0 bridgehead atoms. The fraction of sp³-hybridized carbons (Fsp3) is 0.286. The van der Waals surface area contributed by atoms with Crippen LogP contribution in [0.25, 0.3) is 0 Å². The van der Waals surface area contributed by atoms with Crippen molar-refractivity contribution in [3.8, 4) is 11.6 Å². The van der Waals surface area contributed by atoms with Crippen molar-refractivity contribution >= 4 is 5.91 Å². The molecule has 150 valence electrons. The Morgan fingerprint density at radius 2 is 2.00 bits per heavy atom. The number of hydrogen-bond acceptors (Lipinski definition) is 4. The summed E-state index contributed by atoms with van der Waals surface area (Å²) < 4.78 is 33.4. The lowest BCUT2D eigenvalue weighted by molar-refractivity contribution is 0.0717. The summed E-state index contributed by atoms with van der Waals surface area (Å²) in [6, 6.07) is 12.9. The van der Waals surface area contributed by atoms with Crippen LogP contribution in [0.1, 0.15) is 40.9 Å². The molecule has 2 aromatic heterocycles. The summed E-state index contributed by atoms with van der Waals surface area (Å²) in [4.78, 5) is 18.9. The first-order chi connectivity index (χ1) is 14.0. The first-order valence-electron chi connectivity index (χ1n) is 9.32. The average molecular weight is 398 g/mol. The molecule has 0 radical (unpaired) electrons. The van der Waals surface area contributed by atoms with Crippen molar-refractivity contribution in [3.05, 3.63) is 71.7 Å². The number of pyridine rings is 1. The van der Waals surface area contributed by atoms with Crippen LogP contribution in [0.3, 0.4) is 0 Å². The fourth-order valence-corrected chi connectivity index (χ4v) is 3.11. The zero-order valence-corrected chi connectivity index (χ0v) is 15.8. The number of rotatable bonds is 7. The summed E-state index contributed by atoms with van der Waals surface area (Å²) in [5.74, 6) is 0.690. The van der Waals surface area contributed by atoms with E-state index in [2.05, 4.69) is 10.1 Å². The monoisotopic (exact) mass is 398 g/mol. The molecule has 1 fully saturated rings. The zero-order chi connectivity index (χ0) is 20.4. The molecule has 0 aliphatic heterocycles. The minimum absolute atomic E-state index is 0.0495. The molecule has 0 N–H and O–H groups in total. The average Bonchev–Trinajstić information content (AvgIpc) is 3.48. The van der Waals surface area contributed by atoms with E-state index in [1.54, 1.807) is 17.2 Å². The number of ether oxygens (including phenoxy) is 1. The molecule has 2 heterocycles.